The molecule has 10 nitrogen and oxygen atoms in total. The third kappa shape index (κ3) is 6.97. The van der Waals surface area contributed by atoms with Crippen LogP contribution in [0.2, 0.25) is 0 Å². The number of methoxy groups -OCH3 is 1. The molecular formula is C29H44N4O6S. The molecule has 1 aromatic carbocycles. The highest BCUT2D eigenvalue weighted by molar-refractivity contribution is 7.89. The maximum atomic E-state index is 13.7. The number of primary sulfonamides is 1. The number of carbonyl (C=O) groups is 3. The summed E-state index contributed by atoms with van der Waals surface area (Å²) >= 11 is 0. The standard InChI is InChI=1S/C29H44N4O6S/c1-18(2)24-10-8-19(3)12-28(35)33-16-20-13-21(25(33)6-5-7-27(34)31-24)17-32(15-20)29(36)23-14-22(40(30,37)38)9-11-26(23)39-4/h9,11,14,18-21,24-25H,5-8,10,12-13,15-17H2,1-4H3,(H,31,34)(H2,30,37,38)/t19-,20+,21+,24+,25+/m1/s1. The Kier molecular flexibility index (Phi) is 9.44. The Morgan fingerprint density at radius 3 is 2.55 bits per heavy atom. The SMILES string of the molecule is COc1ccc(S(N)(=O)=O)cc1C(=O)N1C[C@@H]2C[C@@H](C1)[C@@H]1CCCC(=O)N[C@H](C(C)C)CC[C@@H](C)CC(=O)N1C2. The van der Waals surface area contributed by atoms with Crippen LogP contribution in [0.25, 0.3) is 0 Å². The number of fused-ring (bicyclic) bond motifs is 4. The van der Waals surface area contributed by atoms with E-state index in [1.54, 1.807) is 4.90 Å². The number of hydrogen-bond acceptors (Lipinski definition) is 6. The Labute approximate surface area is 238 Å². The van der Waals surface area contributed by atoms with Crippen molar-refractivity contribution in [2.24, 2.45) is 28.8 Å². The zero-order chi connectivity index (χ0) is 29.2. The first kappa shape index (κ1) is 30.3. The molecule has 1 aromatic rings. The Morgan fingerprint density at radius 2 is 1.88 bits per heavy atom. The van der Waals surface area contributed by atoms with Gasteiger partial charge in [-0.2, -0.15) is 0 Å². The van der Waals surface area contributed by atoms with Crippen LogP contribution >= 0.6 is 0 Å². The number of piperidine rings is 2. The van der Waals surface area contributed by atoms with E-state index in [0.717, 1.165) is 19.3 Å². The summed E-state index contributed by atoms with van der Waals surface area (Å²) in [6, 6.07) is 4.10. The van der Waals surface area contributed by atoms with Crippen molar-refractivity contribution in [3.8, 4) is 5.75 Å². The van der Waals surface area contributed by atoms with E-state index in [4.69, 9.17) is 9.88 Å². The van der Waals surface area contributed by atoms with Crippen LogP contribution in [-0.2, 0) is 19.6 Å². The van der Waals surface area contributed by atoms with Crippen LogP contribution in [0, 0.1) is 23.7 Å². The summed E-state index contributed by atoms with van der Waals surface area (Å²) in [6.07, 6.45) is 4.90. The largest absolute Gasteiger partial charge is 0.496 e. The lowest BCUT2D eigenvalue weighted by Gasteiger charge is -2.51. The molecule has 11 heteroatoms. The number of nitrogens with zero attached hydrogens (tertiary/aromatic N) is 2. The van der Waals surface area contributed by atoms with E-state index in [1.165, 1.54) is 25.3 Å². The third-order valence-corrected chi connectivity index (χ3v) is 9.77. The van der Waals surface area contributed by atoms with Crippen LogP contribution in [0.4, 0.5) is 0 Å². The first-order valence-electron chi connectivity index (χ1n) is 14.5. The third-order valence-electron chi connectivity index (χ3n) is 8.85. The predicted octanol–water partition coefficient (Wildman–Crippen LogP) is 2.76. The molecule has 3 fully saturated rings. The highest BCUT2D eigenvalue weighted by atomic mass is 32.2. The molecule has 0 saturated carbocycles. The van der Waals surface area contributed by atoms with Gasteiger partial charge in [-0.15, -0.1) is 0 Å². The normalized spacial score (nSPS) is 28.6. The van der Waals surface area contributed by atoms with Crippen molar-refractivity contribution in [1.82, 2.24) is 15.1 Å². The van der Waals surface area contributed by atoms with Crippen molar-refractivity contribution in [2.45, 2.75) is 82.7 Å². The van der Waals surface area contributed by atoms with Crippen LogP contribution in [0.15, 0.2) is 23.1 Å². The van der Waals surface area contributed by atoms with Gasteiger partial charge >= 0.3 is 0 Å². The van der Waals surface area contributed by atoms with E-state index in [2.05, 4.69) is 26.1 Å². The number of nitrogens with one attached hydrogen (secondary N) is 1. The number of hydrogen-bond donors (Lipinski definition) is 2. The van der Waals surface area contributed by atoms with Crippen molar-refractivity contribution in [2.75, 3.05) is 26.7 Å². The smallest absolute Gasteiger partial charge is 0.257 e. The molecule has 0 unspecified atom stereocenters. The van der Waals surface area contributed by atoms with Gasteiger partial charge in [0.05, 0.1) is 17.6 Å². The second-order valence-corrected chi connectivity index (χ2v) is 13.9. The lowest BCUT2D eigenvalue weighted by molar-refractivity contribution is -0.141. The number of amides is 3. The molecule has 0 radical (unpaired) electrons. The van der Waals surface area contributed by atoms with Gasteiger partial charge in [0.15, 0.2) is 0 Å². The Hall–Kier alpha value is -2.66. The summed E-state index contributed by atoms with van der Waals surface area (Å²) in [7, 11) is -2.56. The number of ether oxygens (including phenoxy) is 1. The fourth-order valence-corrected chi connectivity index (χ4v) is 7.22. The Morgan fingerprint density at radius 1 is 1.12 bits per heavy atom. The van der Waals surface area contributed by atoms with Crippen LogP contribution in [-0.4, -0.2) is 74.8 Å². The molecule has 2 bridgehead atoms. The lowest BCUT2D eigenvalue weighted by atomic mass is 9.77. The summed E-state index contributed by atoms with van der Waals surface area (Å²) in [6.45, 7) is 7.85. The minimum absolute atomic E-state index is 0.0550. The van der Waals surface area contributed by atoms with E-state index in [-0.39, 0.29) is 63.8 Å². The van der Waals surface area contributed by atoms with Crippen LogP contribution in [0.1, 0.15) is 76.1 Å². The molecule has 3 heterocycles. The topological polar surface area (TPSA) is 139 Å². The molecule has 222 valence electrons. The lowest BCUT2D eigenvalue weighted by Crippen LogP contribution is -2.60. The molecule has 4 rings (SSSR count). The van der Waals surface area contributed by atoms with E-state index in [9.17, 15) is 22.8 Å². The minimum atomic E-state index is -3.99. The van der Waals surface area contributed by atoms with Gasteiger partial charge in [0.2, 0.25) is 21.8 Å². The van der Waals surface area contributed by atoms with E-state index in [0.29, 0.717) is 51.2 Å². The van der Waals surface area contributed by atoms with Crippen LogP contribution in [0.3, 0.4) is 0 Å². The van der Waals surface area contributed by atoms with Crippen molar-refractivity contribution in [1.29, 1.82) is 0 Å². The second kappa shape index (κ2) is 12.5. The Bertz CT molecular complexity index is 1220. The molecule has 3 N–H and O–H groups in total. The van der Waals surface area contributed by atoms with E-state index < -0.39 is 10.0 Å². The van der Waals surface area contributed by atoms with Crippen molar-refractivity contribution in [3.63, 3.8) is 0 Å². The number of likely N-dealkylation sites (tertiary alicyclic amines) is 1. The molecule has 40 heavy (non-hydrogen) atoms. The predicted molar refractivity (Wildman–Crippen MR) is 151 cm³/mol. The zero-order valence-electron chi connectivity index (χ0n) is 24.1. The van der Waals surface area contributed by atoms with Gasteiger partial charge in [-0.05, 0) is 74.0 Å². The molecule has 0 aromatic heterocycles. The minimum Gasteiger partial charge on any atom is -0.496 e. The summed E-state index contributed by atoms with van der Waals surface area (Å²) in [4.78, 5) is 43.7. The van der Waals surface area contributed by atoms with Crippen LogP contribution < -0.4 is 15.2 Å². The van der Waals surface area contributed by atoms with Gasteiger partial charge in [-0.25, -0.2) is 13.6 Å². The van der Waals surface area contributed by atoms with E-state index in [1.807, 2.05) is 4.90 Å². The number of nitrogens with two attached hydrogens (primary N) is 1. The van der Waals surface area contributed by atoms with Gasteiger partial charge < -0.3 is 19.9 Å². The fourth-order valence-electron chi connectivity index (χ4n) is 6.68. The summed E-state index contributed by atoms with van der Waals surface area (Å²) in [5.41, 5.74) is 0.155. The maximum absolute atomic E-state index is 13.7. The first-order valence-corrected chi connectivity index (χ1v) is 16.0. The van der Waals surface area contributed by atoms with Crippen molar-refractivity contribution in [3.05, 3.63) is 23.8 Å². The van der Waals surface area contributed by atoms with E-state index >= 15 is 0 Å². The summed E-state index contributed by atoms with van der Waals surface area (Å²) in [5.74, 6) is 0.921. The highest BCUT2D eigenvalue weighted by Gasteiger charge is 2.44. The van der Waals surface area contributed by atoms with Crippen LogP contribution in [0.5, 0.6) is 5.75 Å². The molecule has 3 saturated heterocycles. The molecule has 0 spiro atoms. The average Bonchev–Trinajstić information content (AvgIpc) is 2.90. The quantitative estimate of drug-likeness (QED) is 0.565. The zero-order valence-corrected chi connectivity index (χ0v) is 24.9. The first-order chi connectivity index (χ1) is 18.9. The summed E-state index contributed by atoms with van der Waals surface area (Å²) < 4.78 is 29.3. The monoisotopic (exact) mass is 576 g/mol. The second-order valence-electron chi connectivity index (χ2n) is 12.3. The molecule has 3 aliphatic heterocycles. The number of benzene rings is 1. The average molecular weight is 577 g/mol. The summed E-state index contributed by atoms with van der Waals surface area (Å²) in [5, 5.41) is 8.54. The molecule has 5 atom stereocenters. The van der Waals surface area contributed by atoms with Gasteiger partial charge in [0.25, 0.3) is 5.91 Å². The Balaban J connectivity index is 1.56. The molecule has 3 aliphatic rings. The highest BCUT2D eigenvalue weighted by Crippen LogP contribution is 2.37. The van der Waals surface area contributed by atoms with Crippen molar-refractivity contribution >= 4 is 27.7 Å². The van der Waals surface area contributed by atoms with Gasteiger partial charge in [-0.3, -0.25) is 14.4 Å². The molecular weight excluding hydrogens is 532 g/mol. The number of carbonyl (C=O) groups excluding carboxylic acids is 3. The van der Waals surface area contributed by atoms with Gasteiger partial charge in [-0.1, -0.05) is 20.8 Å². The number of sulfonamides is 1. The van der Waals surface area contributed by atoms with Crippen molar-refractivity contribution < 1.29 is 27.5 Å². The fraction of sp³-hybridized carbons (Fsp3) is 0.690. The maximum Gasteiger partial charge on any atom is 0.257 e. The van der Waals surface area contributed by atoms with Gasteiger partial charge in [0, 0.05) is 44.6 Å². The molecule has 0 aliphatic carbocycles. The van der Waals surface area contributed by atoms with Gasteiger partial charge in [0.1, 0.15) is 5.75 Å². The molecule has 3 amide bonds. The number of rotatable bonds is 4.